The molecule has 1 aliphatic heterocycles. The van der Waals surface area contributed by atoms with Crippen molar-refractivity contribution >= 4 is 23.6 Å². The van der Waals surface area contributed by atoms with Crippen LogP contribution in [0, 0.1) is 0 Å². The first-order valence-corrected chi connectivity index (χ1v) is 7.16. The monoisotopic (exact) mass is 327 g/mol. The van der Waals surface area contributed by atoms with E-state index in [4.69, 9.17) is 9.15 Å². The van der Waals surface area contributed by atoms with Crippen LogP contribution >= 0.6 is 0 Å². The number of carbonyl (C=O) groups is 4. The van der Waals surface area contributed by atoms with Crippen LogP contribution in [-0.2, 0) is 16.1 Å². The van der Waals surface area contributed by atoms with Gasteiger partial charge in [0.1, 0.15) is 12.4 Å². The van der Waals surface area contributed by atoms with Gasteiger partial charge in [-0.15, -0.1) is 0 Å². The molecule has 2 amide bonds. The van der Waals surface area contributed by atoms with Crippen molar-refractivity contribution in [3.8, 4) is 0 Å². The normalized spacial score (nSPS) is 13.1. The molecule has 0 saturated heterocycles. The fourth-order valence-electron chi connectivity index (χ4n) is 2.37. The van der Waals surface area contributed by atoms with Crippen molar-refractivity contribution in [3.05, 3.63) is 59.0 Å². The van der Waals surface area contributed by atoms with Gasteiger partial charge in [-0.3, -0.25) is 19.3 Å². The van der Waals surface area contributed by atoms with E-state index in [1.807, 2.05) is 0 Å². The highest BCUT2D eigenvalue weighted by Crippen LogP contribution is 2.26. The van der Waals surface area contributed by atoms with E-state index in [-0.39, 0.29) is 35.6 Å². The van der Waals surface area contributed by atoms with E-state index in [0.29, 0.717) is 5.76 Å². The molecule has 122 valence electrons. The molecule has 1 aliphatic rings. The molecule has 1 aromatic heterocycles. The molecular formula is C17H13NO6. The highest BCUT2D eigenvalue weighted by Gasteiger charge is 2.36. The molecule has 0 saturated carbocycles. The number of rotatable bonds is 5. The van der Waals surface area contributed by atoms with Gasteiger partial charge in [0.25, 0.3) is 11.8 Å². The van der Waals surface area contributed by atoms with Gasteiger partial charge in [0, 0.05) is 0 Å². The van der Waals surface area contributed by atoms with E-state index in [1.54, 1.807) is 12.1 Å². The number of ketones is 1. The summed E-state index contributed by atoms with van der Waals surface area (Å²) in [5.74, 6) is -1.49. The molecule has 3 rings (SSSR count). The minimum atomic E-state index is -0.724. The predicted octanol–water partition coefficient (Wildman–Crippen LogP) is 1.82. The Hall–Kier alpha value is -3.22. The number of Topliss-reactive ketones (excluding diaryl/α,β-unsaturated/α-hetero) is 1. The summed E-state index contributed by atoms with van der Waals surface area (Å²) in [6.45, 7) is 0.974. The van der Waals surface area contributed by atoms with Crippen LogP contribution in [0.1, 0.15) is 43.8 Å². The largest absolute Gasteiger partial charge is 0.467 e. The zero-order valence-corrected chi connectivity index (χ0v) is 12.8. The van der Waals surface area contributed by atoms with Crippen LogP contribution in [-0.4, -0.2) is 35.1 Å². The number of benzene rings is 1. The van der Waals surface area contributed by atoms with Gasteiger partial charge in [0.05, 0.1) is 29.5 Å². The molecule has 24 heavy (non-hydrogen) atoms. The maximum Gasteiger partial charge on any atom is 0.338 e. The second-order valence-electron chi connectivity index (χ2n) is 5.31. The number of imide groups is 1. The zero-order valence-electron chi connectivity index (χ0n) is 12.8. The van der Waals surface area contributed by atoms with Gasteiger partial charge in [-0.25, -0.2) is 4.79 Å². The second-order valence-corrected chi connectivity index (χ2v) is 5.31. The minimum Gasteiger partial charge on any atom is -0.467 e. The van der Waals surface area contributed by atoms with Gasteiger partial charge in [0.2, 0.25) is 0 Å². The van der Waals surface area contributed by atoms with Crippen molar-refractivity contribution in [2.45, 2.75) is 13.5 Å². The van der Waals surface area contributed by atoms with Crippen LogP contribution in [0.5, 0.6) is 0 Å². The number of hydrogen-bond donors (Lipinski definition) is 0. The van der Waals surface area contributed by atoms with Crippen molar-refractivity contribution in [3.63, 3.8) is 0 Å². The molecular weight excluding hydrogens is 314 g/mol. The van der Waals surface area contributed by atoms with Crippen LogP contribution in [0.15, 0.2) is 41.0 Å². The van der Waals surface area contributed by atoms with Gasteiger partial charge in [-0.05, 0) is 37.3 Å². The first-order chi connectivity index (χ1) is 11.5. The number of fused-ring (bicyclic) bond motifs is 1. The van der Waals surface area contributed by atoms with Gasteiger partial charge in [-0.2, -0.15) is 0 Å². The first kappa shape index (κ1) is 15.7. The maximum absolute atomic E-state index is 12.4. The summed E-state index contributed by atoms with van der Waals surface area (Å²) in [7, 11) is 0. The SMILES string of the molecule is CC(=O)COC(=O)c1ccc2c(c1)C(=O)N(Cc1ccco1)C2=O. The number of esters is 1. The Labute approximate surface area is 136 Å². The van der Waals surface area contributed by atoms with Crippen molar-refractivity contribution in [2.75, 3.05) is 6.61 Å². The third-order valence-electron chi connectivity index (χ3n) is 3.51. The summed E-state index contributed by atoms with van der Waals surface area (Å²) in [4.78, 5) is 48.6. The van der Waals surface area contributed by atoms with Crippen LogP contribution in [0.2, 0.25) is 0 Å². The molecule has 0 unspecified atom stereocenters. The molecule has 0 spiro atoms. The molecule has 1 aromatic carbocycles. The highest BCUT2D eigenvalue weighted by molar-refractivity contribution is 6.21. The Morgan fingerprint density at radius 3 is 2.54 bits per heavy atom. The third kappa shape index (κ3) is 2.83. The van der Waals surface area contributed by atoms with Crippen LogP contribution < -0.4 is 0 Å². The van der Waals surface area contributed by atoms with E-state index in [0.717, 1.165) is 4.90 Å². The van der Waals surface area contributed by atoms with E-state index >= 15 is 0 Å². The van der Waals surface area contributed by atoms with E-state index in [2.05, 4.69) is 0 Å². The molecule has 0 radical (unpaired) electrons. The summed E-state index contributed by atoms with van der Waals surface area (Å²) in [6, 6.07) is 7.43. The zero-order chi connectivity index (χ0) is 17.3. The van der Waals surface area contributed by atoms with Crippen LogP contribution in [0.25, 0.3) is 0 Å². The Kier molecular flexibility index (Phi) is 3.99. The summed E-state index contributed by atoms with van der Waals surface area (Å²) in [5.41, 5.74) is 0.453. The number of furan rings is 1. The average Bonchev–Trinajstić information content (AvgIpc) is 3.15. The Morgan fingerprint density at radius 2 is 1.88 bits per heavy atom. The Morgan fingerprint density at radius 1 is 1.12 bits per heavy atom. The van der Waals surface area contributed by atoms with Gasteiger partial charge < -0.3 is 9.15 Å². The predicted molar refractivity (Wildman–Crippen MR) is 80.3 cm³/mol. The number of amides is 2. The summed E-state index contributed by atoms with van der Waals surface area (Å²) >= 11 is 0. The number of nitrogens with zero attached hydrogens (tertiary/aromatic N) is 1. The summed E-state index contributed by atoms with van der Waals surface area (Å²) < 4.78 is 9.97. The van der Waals surface area contributed by atoms with E-state index < -0.39 is 17.8 Å². The van der Waals surface area contributed by atoms with Crippen molar-refractivity contribution in [2.24, 2.45) is 0 Å². The number of hydrogen-bond acceptors (Lipinski definition) is 6. The average molecular weight is 327 g/mol. The van der Waals surface area contributed by atoms with Gasteiger partial charge >= 0.3 is 5.97 Å². The van der Waals surface area contributed by atoms with Crippen molar-refractivity contribution < 1.29 is 28.3 Å². The molecule has 2 heterocycles. The summed E-state index contributed by atoms with van der Waals surface area (Å²) in [6.07, 6.45) is 1.45. The molecule has 0 N–H and O–H groups in total. The van der Waals surface area contributed by atoms with Gasteiger partial charge in [-0.1, -0.05) is 0 Å². The minimum absolute atomic E-state index is 0.0173. The van der Waals surface area contributed by atoms with Crippen LogP contribution in [0.4, 0.5) is 0 Å². The molecule has 2 aromatic rings. The second kappa shape index (κ2) is 6.11. The standard InChI is InChI=1S/C17H13NO6/c1-10(19)9-24-17(22)11-4-5-13-14(7-11)16(21)18(15(13)20)8-12-3-2-6-23-12/h2-7H,8-9H2,1H3. The fourth-order valence-corrected chi connectivity index (χ4v) is 2.37. The Bertz CT molecular complexity index is 837. The molecule has 0 atom stereocenters. The fraction of sp³-hybridized carbons (Fsp3) is 0.176. The lowest BCUT2D eigenvalue weighted by Crippen LogP contribution is -2.28. The first-order valence-electron chi connectivity index (χ1n) is 7.16. The van der Waals surface area contributed by atoms with Crippen molar-refractivity contribution in [1.82, 2.24) is 4.90 Å². The molecule has 0 aliphatic carbocycles. The maximum atomic E-state index is 12.4. The topological polar surface area (TPSA) is 93.9 Å². The quantitative estimate of drug-likeness (QED) is 0.614. The lowest BCUT2D eigenvalue weighted by molar-refractivity contribution is -0.120. The molecule has 7 nitrogen and oxygen atoms in total. The molecule has 0 bridgehead atoms. The lowest BCUT2D eigenvalue weighted by atomic mass is 10.1. The van der Waals surface area contributed by atoms with Crippen molar-refractivity contribution in [1.29, 1.82) is 0 Å². The third-order valence-corrected chi connectivity index (χ3v) is 3.51. The Balaban J connectivity index is 1.83. The summed E-state index contributed by atoms with van der Waals surface area (Å²) in [5, 5.41) is 0. The van der Waals surface area contributed by atoms with E-state index in [1.165, 1.54) is 31.4 Å². The molecule has 7 heteroatoms. The van der Waals surface area contributed by atoms with E-state index in [9.17, 15) is 19.2 Å². The number of ether oxygens (including phenoxy) is 1. The number of carbonyl (C=O) groups excluding carboxylic acids is 4. The highest BCUT2D eigenvalue weighted by atomic mass is 16.5. The lowest BCUT2D eigenvalue weighted by Gasteiger charge is -2.11. The van der Waals surface area contributed by atoms with Gasteiger partial charge in [0.15, 0.2) is 5.78 Å². The van der Waals surface area contributed by atoms with Crippen LogP contribution in [0.3, 0.4) is 0 Å². The smallest absolute Gasteiger partial charge is 0.338 e. The molecule has 0 fully saturated rings.